The predicted octanol–water partition coefficient (Wildman–Crippen LogP) is -0.594. The molecule has 1 aliphatic heterocycles. The molecular weight excluding hydrogens is 246 g/mol. The third kappa shape index (κ3) is 3.77. The lowest BCUT2D eigenvalue weighted by Crippen LogP contribution is -2.69. The molecule has 0 aliphatic carbocycles. The minimum absolute atomic E-state index is 0. The van der Waals surface area contributed by atoms with Crippen LogP contribution in [0.25, 0.3) is 0 Å². The number of aliphatic hydroxyl groups is 4. The number of β-amino-alcohol motifs (C(OH)–C–C–N with tert-alkyl or cyclic N) is 1. The second kappa shape index (κ2) is 7.51. The second-order valence-corrected chi connectivity index (χ2v) is 4.66. The van der Waals surface area contributed by atoms with E-state index in [1.807, 2.05) is 0 Å². The molecule has 104 valence electrons. The van der Waals surface area contributed by atoms with Gasteiger partial charge in [0.1, 0.15) is 12.2 Å². The lowest BCUT2D eigenvalue weighted by atomic mass is 9.80. The predicted molar refractivity (Wildman–Crippen MR) is 67.2 cm³/mol. The molecule has 1 fully saturated rings. The smallest absolute Gasteiger partial charge is 0.109 e. The van der Waals surface area contributed by atoms with Crippen molar-refractivity contribution < 1.29 is 20.4 Å². The Morgan fingerprint density at radius 3 is 2.41 bits per heavy atom. The van der Waals surface area contributed by atoms with E-state index >= 15 is 0 Å². The molecule has 1 rings (SSSR count). The SMILES string of the molecule is CCCCC[C@@]1(CO)NC[C@H](O)[C@@H](O)[C@@H]1O.Cl. The van der Waals surface area contributed by atoms with Crippen molar-refractivity contribution in [1.82, 2.24) is 5.32 Å². The van der Waals surface area contributed by atoms with E-state index in [0.29, 0.717) is 6.42 Å². The van der Waals surface area contributed by atoms with Gasteiger partial charge in [0.05, 0.1) is 18.2 Å². The molecule has 0 aromatic carbocycles. The van der Waals surface area contributed by atoms with Gasteiger partial charge in [-0.1, -0.05) is 26.2 Å². The fourth-order valence-corrected chi connectivity index (χ4v) is 2.23. The van der Waals surface area contributed by atoms with Crippen molar-refractivity contribution >= 4 is 12.4 Å². The molecule has 0 aromatic rings. The van der Waals surface area contributed by atoms with Crippen molar-refractivity contribution in [3.8, 4) is 0 Å². The van der Waals surface area contributed by atoms with E-state index in [4.69, 9.17) is 0 Å². The van der Waals surface area contributed by atoms with Crippen molar-refractivity contribution in [1.29, 1.82) is 0 Å². The van der Waals surface area contributed by atoms with Crippen LogP contribution in [0.2, 0.25) is 0 Å². The molecule has 1 aliphatic rings. The summed E-state index contributed by atoms with van der Waals surface area (Å²) in [7, 11) is 0. The average molecular weight is 270 g/mol. The molecule has 0 unspecified atom stereocenters. The Bertz CT molecular complexity index is 220. The third-order valence-electron chi connectivity index (χ3n) is 3.46. The largest absolute Gasteiger partial charge is 0.394 e. The van der Waals surface area contributed by atoms with Crippen molar-refractivity contribution in [3.63, 3.8) is 0 Å². The molecule has 6 heteroatoms. The molecule has 5 N–H and O–H groups in total. The molecule has 0 aromatic heterocycles. The minimum Gasteiger partial charge on any atom is -0.394 e. The van der Waals surface area contributed by atoms with Gasteiger partial charge in [-0.25, -0.2) is 0 Å². The number of unbranched alkanes of at least 4 members (excludes halogenated alkanes) is 2. The third-order valence-corrected chi connectivity index (χ3v) is 3.46. The van der Waals surface area contributed by atoms with Crippen molar-refractivity contribution in [2.45, 2.75) is 56.5 Å². The van der Waals surface area contributed by atoms with Gasteiger partial charge in [-0.15, -0.1) is 12.4 Å². The van der Waals surface area contributed by atoms with Crippen LogP contribution >= 0.6 is 12.4 Å². The number of piperidine rings is 1. The van der Waals surface area contributed by atoms with E-state index in [1.54, 1.807) is 0 Å². The zero-order chi connectivity index (χ0) is 12.2. The number of rotatable bonds is 5. The van der Waals surface area contributed by atoms with Crippen LogP contribution in [0.5, 0.6) is 0 Å². The quantitative estimate of drug-likeness (QED) is 0.430. The lowest BCUT2D eigenvalue weighted by molar-refractivity contribution is -0.135. The topological polar surface area (TPSA) is 93.0 Å². The molecule has 0 bridgehead atoms. The van der Waals surface area contributed by atoms with Crippen LogP contribution in [0.3, 0.4) is 0 Å². The Labute approximate surface area is 108 Å². The maximum atomic E-state index is 9.93. The summed E-state index contributed by atoms with van der Waals surface area (Å²) in [6, 6.07) is 0. The highest BCUT2D eigenvalue weighted by Crippen LogP contribution is 2.26. The molecule has 17 heavy (non-hydrogen) atoms. The Morgan fingerprint density at radius 1 is 1.24 bits per heavy atom. The van der Waals surface area contributed by atoms with Gasteiger partial charge in [0.15, 0.2) is 0 Å². The first-order valence-electron chi connectivity index (χ1n) is 5.97. The molecule has 0 amide bonds. The molecule has 0 saturated carbocycles. The Hall–Kier alpha value is 0.0900. The van der Waals surface area contributed by atoms with Crippen molar-refractivity contribution in [2.75, 3.05) is 13.2 Å². The molecule has 0 radical (unpaired) electrons. The summed E-state index contributed by atoms with van der Waals surface area (Å²) in [5, 5.41) is 41.3. The van der Waals surface area contributed by atoms with Crippen LogP contribution in [0.15, 0.2) is 0 Å². The highest BCUT2D eigenvalue weighted by molar-refractivity contribution is 5.85. The van der Waals surface area contributed by atoms with Crippen LogP contribution in [0.1, 0.15) is 32.6 Å². The summed E-state index contributed by atoms with van der Waals surface area (Å²) in [4.78, 5) is 0. The first-order valence-corrected chi connectivity index (χ1v) is 5.97. The van der Waals surface area contributed by atoms with Crippen molar-refractivity contribution in [3.05, 3.63) is 0 Å². The molecular formula is C11H24ClNO4. The summed E-state index contributed by atoms with van der Waals surface area (Å²) < 4.78 is 0. The van der Waals surface area contributed by atoms with Crippen LogP contribution in [0.4, 0.5) is 0 Å². The number of halogens is 1. The van der Waals surface area contributed by atoms with E-state index < -0.39 is 23.9 Å². The van der Waals surface area contributed by atoms with Gasteiger partial charge in [0.2, 0.25) is 0 Å². The fraction of sp³-hybridized carbons (Fsp3) is 1.00. The highest BCUT2D eigenvalue weighted by atomic mass is 35.5. The van der Waals surface area contributed by atoms with Gasteiger partial charge in [-0.3, -0.25) is 0 Å². The average Bonchev–Trinajstić information content (AvgIpc) is 2.30. The second-order valence-electron chi connectivity index (χ2n) is 4.66. The van der Waals surface area contributed by atoms with Gasteiger partial charge in [0.25, 0.3) is 0 Å². The molecule has 0 spiro atoms. The first kappa shape index (κ1) is 17.1. The number of hydrogen-bond donors (Lipinski definition) is 5. The maximum absolute atomic E-state index is 9.93. The molecule has 5 nitrogen and oxygen atoms in total. The molecule has 1 heterocycles. The van der Waals surface area contributed by atoms with Crippen LogP contribution in [-0.2, 0) is 0 Å². The fourth-order valence-electron chi connectivity index (χ4n) is 2.23. The first-order chi connectivity index (χ1) is 7.57. The van der Waals surface area contributed by atoms with Gasteiger partial charge in [-0.05, 0) is 6.42 Å². The number of hydrogen-bond acceptors (Lipinski definition) is 5. The van der Waals surface area contributed by atoms with Gasteiger partial charge in [-0.2, -0.15) is 0 Å². The summed E-state index contributed by atoms with van der Waals surface area (Å²) in [5.41, 5.74) is -0.867. The summed E-state index contributed by atoms with van der Waals surface area (Å²) >= 11 is 0. The van der Waals surface area contributed by atoms with Crippen LogP contribution < -0.4 is 5.32 Å². The highest BCUT2D eigenvalue weighted by Gasteiger charge is 2.46. The van der Waals surface area contributed by atoms with E-state index in [0.717, 1.165) is 19.3 Å². The standard InChI is InChI=1S/C11H23NO4.ClH/c1-2-3-4-5-11(7-13)10(16)9(15)8(14)6-12-11;/h8-10,12-16H,2-7H2,1H3;1H/t8-,9+,10-,11-;/m0./s1. The van der Waals surface area contributed by atoms with Crippen LogP contribution in [-0.4, -0.2) is 57.4 Å². The Kier molecular flexibility index (Phi) is 7.55. The van der Waals surface area contributed by atoms with Crippen molar-refractivity contribution in [2.24, 2.45) is 0 Å². The molecule has 1 saturated heterocycles. The van der Waals surface area contributed by atoms with Gasteiger partial charge >= 0.3 is 0 Å². The zero-order valence-electron chi connectivity index (χ0n) is 10.2. The maximum Gasteiger partial charge on any atom is 0.109 e. The Morgan fingerprint density at radius 2 is 1.88 bits per heavy atom. The summed E-state index contributed by atoms with van der Waals surface area (Å²) in [6.07, 6.45) is 0.276. The van der Waals surface area contributed by atoms with Crippen LogP contribution in [0, 0.1) is 0 Å². The minimum atomic E-state index is -1.19. The van der Waals surface area contributed by atoms with E-state index in [2.05, 4.69) is 12.2 Å². The lowest BCUT2D eigenvalue weighted by Gasteiger charge is -2.45. The van der Waals surface area contributed by atoms with E-state index in [-0.39, 0.29) is 25.6 Å². The van der Waals surface area contributed by atoms with E-state index in [9.17, 15) is 20.4 Å². The monoisotopic (exact) mass is 269 g/mol. The number of aliphatic hydroxyl groups excluding tert-OH is 4. The zero-order valence-corrected chi connectivity index (χ0v) is 11.0. The molecule has 4 atom stereocenters. The van der Waals surface area contributed by atoms with E-state index in [1.165, 1.54) is 0 Å². The van der Waals surface area contributed by atoms with Gasteiger partial charge in [0, 0.05) is 6.54 Å². The number of nitrogens with one attached hydrogen (secondary N) is 1. The summed E-state index contributed by atoms with van der Waals surface area (Å²) in [5.74, 6) is 0. The Balaban J connectivity index is 0.00000256. The van der Waals surface area contributed by atoms with Gasteiger partial charge < -0.3 is 25.7 Å². The summed E-state index contributed by atoms with van der Waals surface area (Å²) in [6.45, 7) is 2.04. The normalized spacial score (nSPS) is 37.6.